The van der Waals surface area contributed by atoms with Crippen LogP contribution < -0.4 is 10.0 Å². The van der Waals surface area contributed by atoms with Crippen molar-refractivity contribution in [2.75, 3.05) is 11.8 Å². The molecule has 0 saturated heterocycles. The monoisotopic (exact) mass is 330 g/mol. The van der Waals surface area contributed by atoms with E-state index in [4.69, 9.17) is 0 Å². The molecule has 0 aliphatic heterocycles. The Labute approximate surface area is 132 Å². The number of hydrogen-bond acceptors (Lipinski definition) is 4. The zero-order valence-electron chi connectivity index (χ0n) is 12.2. The van der Waals surface area contributed by atoms with Crippen molar-refractivity contribution in [1.29, 1.82) is 0 Å². The predicted octanol–water partition coefficient (Wildman–Crippen LogP) is 1.72. The topological polar surface area (TPSA) is 104 Å². The number of aromatic amines is 1. The van der Waals surface area contributed by atoms with Crippen molar-refractivity contribution >= 4 is 32.4 Å². The molecule has 0 unspecified atom stereocenters. The van der Waals surface area contributed by atoms with Crippen molar-refractivity contribution in [3.8, 4) is 0 Å². The first-order valence-corrected chi connectivity index (χ1v) is 8.27. The van der Waals surface area contributed by atoms with Gasteiger partial charge in [-0.2, -0.15) is 5.10 Å². The number of nitrogens with one attached hydrogen (secondary N) is 3. The van der Waals surface area contributed by atoms with E-state index in [-0.39, 0.29) is 16.3 Å². The highest BCUT2D eigenvalue weighted by Crippen LogP contribution is 2.22. The molecule has 0 aliphatic rings. The molecule has 0 atom stereocenters. The van der Waals surface area contributed by atoms with Crippen LogP contribution in [0.1, 0.15) is 10.5 Å². The molecule has 0 fully saturated rings. The molecule has 7 nitrogen and oxygen atoms in total. The third kappa shape index (κ3) is 2.88. The molecule has 3 aromatic rings. The first-order valence-electron chi connectivity index (χ1n) is 6.79. The summed E-state index contributed by atoms with van der Waals surface area (Å²) >= 11 is 0. The third-order valence-corrected chi connectivity index (χ3v) is 4.72. The predicted molar refractivity (Wildman–Crippen MR) is 86.7 cm³/mol. The summed E-state index contributed by atoms with van der Waals surface area (Å²) in [6, 6.07) is 12.3. The second kappa shape index (κ2) is 5.73. The van der Waals surface area contributed by atoms with Crippen LogP contribution >= 0.6 is 0 Å². The van der Waals surface area contributed by atoms with Gasteiger partial charge in [0.15, 0.2) is 5.69 Å². The number of amides is 1. The number of carbonyl (C=O) groups excluding carboxylic acids is 1. The van der Waals surface area contributed by atoms with Crippen LogP contribution in [0.25, 0.3) is 10.8 Å². The highest BCUT2D eigenvalue weighted by Gasteiger charge is 2.20. The molecule has 23 heavy (non-hydrogen) atoms. The SMILES string of the molecule is CNC(=O)c1n[nH]cc1NS(=O)(=O)c1ccc2ccccc2c1. The van der Waals surface area contributed by atoms with E-state index in [0.29, 0.717) is 0 Å². The van der Waals surface area contributed by atoms with Gasteiger partial charge in [-0.25, -0.2) is 8.42 Å². The molecule has 8 heteroatoms. The van der Waals surface area contributed by atoms with Gasteiger partial charge in [0.2, 0.25) is 0 Å². The Bertz CT molecular complexity index is 979. The minimum Gasteiger partial charge on any atom is -0.354 e. The van der Waals surface area contributed by atoms with Crippen LogP contribution in [0, 0.1) is 0 Å². The lowest BCUT2D eigenvalue weighted by Crippen LogP contribution is -2.21. The number of benzene rings is 2. The molecule has 0 radical (unpaired) electrons. The summed E-state index contributed by atoms with van der Waals surface area (Å²) in [5.41, 5.74) is 0.0781. The smallest absolute Gasteiger partial charge is 0.273 e. The van der Waals surface area contributed by atoms with Gasteiger partial charge in [0, 0.05) is 13.2 Å². The molecule has 0 aliphatic carbocycles. The normalized spacial score (nSPS) is 11.3. The molecule has 1 amide bonds. The van der Waals surface area contributed by atoms with E-state index in [9.17, 15) is 13.2 Å². The largest absolute Gasteiger partial charge is 0.354 e. The van der Waals surface area contributed by atoms with Gasteiger partial charge in [-0.05, 0) is 22.9 Å². The standard InChI is InChI=1S/C15H14N4O3S/c1-16-15(20)14-13(9-17-18-14)19-23(21,22)12-7-6-10-4-2-3-5-11(10)8-12/h2-9,19H,1H3,(H,16,20)(H,17,18). The average Bonchev–Trinajstić information content (AvgIpc) is 3.01. The van der Waals surface area contributed by atoms with E-state index in [1.807, 2.05) is 24.3 Å². The van der Waals surface area contributed by atoms with Gasteiger partial charge in [0.1, 0.15) is 0 Å². The van der Waals surface area contributed by atoms with Gasteiger partial charge in [0.25, 0.3) is 15.9 Å². The molecule has 2 aromatic carbocycles. The fraction of sp³-hybridized carbons (Fsp3) is 0.0667. The lowest BCUT2D eigenvalue weighted by atomic mass is 10.1. The van der Waals surface area contributed by atoms with Crippen molar-refractivity contribution < 1.29 is 13.2 Å². The summed E-state index contributed by atoms with van der Waals surface area (Å²) in [6.07, 6.45) is 1.32. The van der Waals surface area contributed by atoms with Crippen LogP contribution in [0.15, 0.2) is 53.6 Å². The van der Waals surface area contributed by atoms with Crippen molar-refractivity contribution in [3.63, 3.8) is 0 Å². The fourth-order valence-electron chi connectivity index (χ4n) is 2.20. The Balaban J connectivity index is 1.98. The van der Waals surface area contributed by atoms with Crippen LogP contribution in [-0.2, 0) is 10.0 Å². The summed E-state index contributed by atoms with van der Waals surface area (Å²) < 4.78 is 27.4. The van der Waals surface area contributed by atoms with Gasteiger partial charge >= 0.3 is 0 Å². The van der Waals surface area contributed by atoms with Crippen LogP contribution in [0.5, 0.6) is 0 Å². The number of fused-ring (bicyclic) bond motifs is 1. The molecule has 0 saturated carbocycles. The van der Waals surface area contributed by atoms with E-state index < -0.39 is 15.9 Å². The first kappa shape index (κ1) is 15.0. The van der Waals surface area contributed by atoms with Crippen molar-refractivity contribution in [2.45, 2.75) is 4.90 Å². The Kier molecular flexibility index (Phi) is 3.75. The van der Waals surface area contributed by atoms with Gasteiger partial charge in [-0.3, -0.25) is 14.6 Å². The van der Waals surface area contributed by atoms with Gasteiger partial charge in [-0.15, -0.1) is 0 Å². The Morgan fingerprint density at radius 1 is 1.13 bits per heavy atom. The van der Waals surface area contributed by atoms with Crippen LogP contribution in [0.2, 0.25) is 0 Å². The lowest BCUT2D eigenvalue weighted by Gasteiger charge is -2.08. The number of aromatic nitrogens is 2. The molecule has 0 spiro atoms. The zero-order chi connectivity index (χ0) is 16.4. The minimum atomic E-state index is -3.83. The van der Waals surface area contributed by atoms with E-state index >= 15 is 0 Å². The number of nitrogens with zero attached hydrogens (tertiary/aromatic N) is 1. The fourth-order valence-corrected chi connectivity index (χ4v) is 3.29. The molecule has 3 rings (SSSR count). The summed E-state index contributed by atoms with van der Waals surface area (Å²) in [7, 11) is -2.39. The lowest BCUT2D eigenvalue weighted by molar-refractivity contribution is 0.0959. The number of carbonyl (C=O) groups is 1. The number of rotatable bonds is 4. The van der Waals surface area contributed by atoms with Crippen molar-refractivity contribution in [1.82, 2.24) is 15.5 Å². The maximum Gasteiger partial charge on any atom is 0.273 e. The molecule has 1 aromatic heterocycles. The minimum absolute atomic E-state index is 0.0168. The van der Waals surface area contributed by atoms with Gasteiger partial charge in [0.05, 0.1) is 10.6 Å². The molecular formula is C15H14N4O3S. The highest BCUT2D eigenvalue weighted by atomic mass is 32.2. The summed E-state index contributed by atoms with van der Waals surface area (Å²) in [5, 5.41) is 10.4. The quantitative estimate of drug-likeness (QED) is 0.677. The van der Waals surface area contributed by atoms with Crippen LogP contribution in [-0.4, -0.2) is 31.6 Å². The zero-order valence-corrected chi connectivity index (χ0v) is 13.0. The van der Waals surface area contributed by atoms with E-state index in [0.717, 1.165) is 10.8 Å². The van der Waals surface area contributed by atoms with Crippen LogP contribution in [0.4, 0.5) is 5.69 Å². The Morgan fingerprint density at radius 3 is 2.61 bits per heavy atom. The number of hydrogen-bond donors (Lipinski definition) is 3. The van der Waals surface area contributed by atoms with Crippen molar-refractivity contribution in [3.05, 3.63) is 54.4 Å². The molecule has 1 heterocycles. The molecule has 118 valence electrons. The summed E-state index contributed by atoms with van der Waals surface area (Å²) in [4.78, 5) is 11.8. The number of H-pyrrole nitrogens is 1. The van der Waals surface area contributed by atoms with Gasteiger partial charge in [-0.1, -0.05) is 30.3 Å². The maximum atomic E-state index is 12.5. The molecular weight excluding hydrogens is 316 g/mol. The third-order valence-electron chi connectivity index (χ3n) is 3.36. The Hall–Kier alpha value is -2.87. The number of anilines is 1. The second-order valence-corrected chi connectivity index (χ2v) is 6.52. The molecule has 3 N–H and O–H groups in total. The first-order chi connectivity index (χ1) is 11.0. The van der Waals surface area contributed by atoms with E-state index in [1.165, 1.54) is 19.3 Å². The van der Waals surface area contributed by atoms with E-state index in [2.05, 4.69) is 20.2 Å². The summed E-state index contributed by atoms with van der Waals surface area (Å²) in [5.74, 6) is -0.484. The summed E-state index contributed by atoms with van der Waals surface area (Å²) in [6.45, 7) is 0. The van der Waals surface area contributed by atoms with Crippen molar-refractivity contribution in [2.24, 2.45) is 0 Å². The average molecular weight is 330 g/mol. The van der Waals surface area contributed by atoms with Crippen LogP contribution in [0.3, 0.4) is 0 Å². The maximum absolute atomic E-state index is 12.5. The van der Waals surface area contributed by atoms with E-state index in [1.54, 1.807) is 12.1 Å². The Morgan fingerprint density at radius 2 is 1.87 bits per heavy atom. The molecule has 0 bridgehead atoms. The second-order valence-electron chi connectivity index (χ2n) is 4.84. The highest BCUT2D eigenvalue weighted by molar-refractivity contribution is 7.92. The van der Waals surface area contributed by atoms with Gasteiger partial charge < -0.3 is 5.32 Å². The number of sulfonamides is 1.